The van der Waals surface area contributed by atoms with E-state index in [1.807, 2.05) is 18.2 Å². The number of carboxylic acid groups (broad SMARTS) is 1. The molecule has 3 rings (SSSR count). The third kappa shape index (κ3) is 2.44. The number of benzene rings is 1. The highest BCUT2D eigenvalue weighted by molar-refractivity contribution is 5.86. The van der Waals surface area contributed by atoms with Crippen molar-refractivity contribution in [2.24, 2.45) is 0 Å². The first-order valence-electron chi connectivity index (χ1n) is 6.25. The van der Waals surface area contributed by atoms with E-state index in [-0.39, 0.29) is 12.6 Å². The quantitative estimate of drug-likeness (QED) is 0.932. The van der Waals surface area contributed by atoms with Crippen molar-refractivity contribution in [3.63, 3.8) is 0 Å². The van der Waals surface area contributed by atoms with Gasteiger partial charge < -0.3 is 9.84 Å². The number of aromatic nitrogens is 3. The van der Waals surface area contributed by atoms with Gasteiger partial charge in [0.25, 0.3) is 6.43 Å². The maximum Gasteiger partial charge on any atom is 0.358 e. The molecule has 1 aliphatic rings. The molecule has 0 fully saturated rings. The van der Waals surface area contributed by atoms with Gasteiger partial charge in [0.15, 0.2) is 5.69 Å². The average molecular weight is 295 g/mol. The molecule has 2 aromatic rings. The van der Waals surface area contributed by atoms with Gasteiger partial charge in [0.1, 0.15) is 17.5 Å². The normalized spacial score (nSPS) is 16.8. The molecule has 0 aliphatic carbocycles. The number of rotatable bonds is 4. The fourth-order valence-corrected chi connectivity index (χ4v) is 2.37. The van der Waals surface area contributed by atoms with Crippen molar-refractivity contribution >= 4 is 5.97 Å². The van der Waals surface area contributed by atoms with E-state index >= 15 is 0 Å². The monoisotopic (exact) mass is 295 g/mol. The summed E-state index contributed by atoms with van der Waals surface area (Å²) in [4.78, 5) is 10.9. The third-order valence-corrected chi connectivity index (χ3v) is 3.27. The molecule has 1 aromatic carbocycles. The summed E-state index contributed by atoms with van der Waals surface area (Å²) in [5, 5.41) is 15.7. The first-order chi connectivity index (χ1) is 10.1. The highest BCUT2D eigenvalue weighted by Gasteiger charge is 2.30. The van der Waals surface area contributed by atoms with Gasteiger partial charge in [-0.3, -0.25) is 0 Å². The molecule has 1 N–H and O–H groups in total. The molecule has 0 saturated heterocycles. The number of hydrogen-bond donors (Lipinski definition) is 1. The number of para-hydroxylation sites is 1. The Labute approximate surface area is 118 Å². The molecular weight excluding hydrogens is 284 g/mol. The highest BCUT2D eigenvalue weighted by Crippen LogP contribution is 2.30. The third-order valence-electron chi connectivity index (χ3n) is 3.27. The average Bonchev–Trinajstić information content (AvgIpc) is 3.01. The molecule has 110 valence electrons. The molecule has 21 heavy (non-hydrogen) atoms. The van der Waals surface area contributed by atoms with Crippen LogP contribution in [0.1, 0.15) is 28.2 Å². The minimum absolute atomic E-state index is 0.0225. The Morgan fingerprint density at radius 3 is 2.90 bits per heavy atom. The Hall–Kier alpha value is -2.51. The zero-order valence-corrected chi connectivity index (χ0v) is 10.7. The second-order valence-corrected chi connectivity index (χ2v) is 4.66. The molecule has 6 nitrogen and oxygen atoms in total. The van der Waals surface area contributed by atoms with Gasteiger partial charge in [0.2, 0.25) is 0 Å². The van der Waals surface area contributed by atoms with Crippen LogP contribution >= 0.6 is 0 Å². The summed E-state index contributed by atoms with van der Waals surface area (Å²) in [6.45, 7) is 0.0225. The fraction of sp³-hybridized carbons (Fsp3) is 0.308. The minimum Gasteiger partial charge on any atom is -0.488 e. The van der Waals surface area contributed by atoms with Crippen molar-refractivity contribution in [2.45, 2.75) is 25.5 Å². The summed E-state index contributed by atoms with van der Waals surface area (Å²) < 4.78 is 32.6. The molecule has 1 unspecified atom stereocenters. The standard InChI is InChI=1S/C13H11F2N3O3/c14-12(15)11-10(13(19)20)16-17-18(11)6-8-5-7-3-1-2-4-9(7)21-8/h1-4,8,12H,5-6H2,(H,19,20). The highest BCUT2D eigenvalue weighted by atomic mass is 19.3. The number of hydrogen-bond acceptors (Lipinski definition) is 4. The van der Waals surface area contributed by atoms with E-state index in [1.165, 1.54) is 0 Å². The summed E-state index contributed by atoms with van der Waals surface area (Å²) in [7, 11) is 0. The van der Waals surface area contributed by atoms with Crippen molar-refractivity contribution < 1.29 is 23.4 Å². The number of carboxylic acids is 1. The lowest BCUT2D eigenvalue weighted by molar-refractivity contribution is 0.0674. The maximum absolute atomic E-state index is 13.0. The lowest BCUT2D eigenvalue weighted by Crippen LogP contribution is -2.23. The predicted molar refractivity (Wildman–Crippen MR) is 66.5 cm³/mol. The zero-order chi connectivity index (χ0) is 15.0. The Morgan fingerprint density at radius 1 is 1.48 bits per heavy atom. The van der Waals surface area contributed by atoms with Crippen molar-refractivity contribution in [1.29, 1.82) is 0 Å². The van der Waals surface area contributed by atoms with Crippen LogP contribution in [0.15, 0.2) is 24.3 Å². The largest absolute Gasteiger partial charge is 0.488 e. The molecule has 0 spiro atoms. The van der Waals surface area contributed by atoms with Crippen LogP contribution in [0.2, 0.25) is 0 Å². The van der Waals surface area contributed by atoms with E-state index in [0.717, 1.165) is 10.2 Å². The van der Waals surface area contributed by atoms with Crippen LogP contribution in [0, 0.1) is 0 Å². The summed E-state index contributed by atoms with van der Waals surface area (Å²) in [5.41, 5.74) is -0.428. The lowest BCUT2D eigenvalue weighted by atomic mass is 10.1. The minimum atomic E-state index is -2.96. The number of halogens is 2. The zero-order valence-electron chi connectivity index (χ0n) is 10.7. The molecule has 0 radical (unpaired) electrons. The number of alkyl halides is 2. The molecule has 1 atom stereocenters. The van der Waals surface area contributed by atoms with Crippen molar-refractivity contribution in [1.82, 2.24) is 15.0 Å². The van der Waals surface area contributed by atoms with Crippen molar-refractivity contribution in [3.8, 4) is 5.75 Å². The van der Waals surface area contributed by atoms with Crippen molar-refractivity contribution in [2.75, 3.05) is 0 Å². The van der Waals surface area contributed by atoms with Crippen LogP contribution in [0.3, 0.4) is 0 Å². The number of aromatic carboxylic acids is 1. The molecule has 0 bridgehead atoms. The molecular formula is C13H11F2N3O3. The van der Waals surface area contributed by atoms with Gasteiger partial charge in [-0.25, -0.2) is 18.3 Å². The summed E-state index contributed by atoms with van der Waals surface area (Å²) in [5.74, 6) is -0.813. The van der Waals surface area contributed by atoms with Gasteiger partial charge >= 0.3 is 5.97 Å². The number of carbonyl (C=O) groups is 1. The number of ether oxygens (including phenoxy) is 1. The summed E-state index contributed by atoms with van der Waals surface area (Å²) >= 11 is 0. The van der Waals surface area contributed by atoms with Gasteiger partial charge in [0, 0.05) is 6.42 Å². The Kier molecular flexibility index (Phi) is 3.28. The Morgan fingerprint density at radius 2 is 2.24 bits per heavy atom. The van der Waals surface area contributed by atoms with Crippen LogP contribution in [-0.2, 0) is 13.0 Å². The Bertz CT molecular complexity index is 662. The molecule has 1 aliphatic heterocycles. The van der Waals surface area contributed by atoms with E-state index in [9.17, 15) is 13.6 Å². The molecule has 1 aromatic heterocycles. The summed E-state index contributed by atoms with van der Waals surface area (Å²) in [6.07, 6.45) is -2.78. The van der Waals surface area contributed by atoms with Crippen molar-refractivity contribution in [3.05, 3.63) is 41.2 Å². The molecule has 2 heterocycles. The van der Waals surface area contributed by atoms with E-state index in [0.29, 0.717) is 12.2 Å². The second kappa shape index (κ2) is 5.12. The van der Waals surface area contributed by atoms with Crippen LogP contribution in [0.4, 0.5) is 8.78 Å². The fourth-order valence-electron chi connectivity index (χ4n) is 2.37. The van der Waals surface area contributed by atoms with Gasteiger partial charge in [-0.2, -0.15) is 0 Å². The number of nitrogens with zero attached hydrogens (tertiary/aromatic N) is 3. The van der Waals surface area contributed by atoms with Crippen LogP contribution in [0.5, 0.6) is 5.75 Å². The predicted octanol–water partition coefficient (Wildman–Crippen LogP) is 1.92. The Balaban J connectivity index is 1.82. The maximum atomic E-state index is 13.0. The van der Waals surface area contributed by atoms with Crippen LogP contribution < -0.4 is 4.74 Å². The SMILES string of the molecule is O=C(O)c1nnn(CC2Cc3ccccc3O2)c1C(F)F. The molecule has 0 saturated carbocycles. The van der Waals surface area contributed by atoms with Gasteiger partial charge in [-0.15, -0.1) is 5.10 Å². The first-order valence-corrected chi connectivity index (χ1v) is 6.25. The number of fused-ring (bicyclic) bond motifs is 1. The molecule has 0 amide bonds. The van der Waals surface area contributed by atoms with E-state index in [1.54, 1.807) is 6.07 Å². The first kappa shape index (κ1) is 13.5. The summed E-state index contributed by atoms with van der Waals surface area (Å²) in [6, 6.07) is 7.39. The van der Waals surface area contributed by atoms with E-state index in [4.69, 9.17) is 9.84 Å². The van der Waals surface area contributed by atoms with Gasteiger partial charge in [-0.1, -0.05) is 23.4 Å². The lowest BCUT2D eigenvalue weighted by Gasteiger charge is -2.12. The van der Waals surface area contributed by atoms with E-state index in [2.05, 4.69) is 10.3 Å². The van der Waals surface area contributed by atoms with Gasteiger partial charge in [-0.05, 0) is 11.6 Å². The van der Waals surface area contributed by atoms with E-state index < -0.39 is 23.8 Å². The second-order valence-electron chi connectivity index (χ2n) is 4.66. The molecule has 8 heteroatoms. The van der Waals surface area contributed by atoms with Gasteiger partial charge in [0.05, 0.1) is 6.54 Å². The van der Waals surface area contributed by atoms with Crippen LogP contribution in [0.25, 0.3) is 0 Å². The van der Waals surface area contributed by atoms with Crippen LogP contribution in [-0.4, -0.2) is 32.2 Å². The smallest absolute Gasteiger partial charge is 0.358 e. The topological polar surface area (TPSA) is 77.2 Å².